The quantitative estimate of drug-likeness (QED) is 0.806. The maximum absolute atomic E-state index is 3.92. The van der Waals surface area contributed by atoms with Crippen LogP contribution in [0.3, 0.4) is 0 Å². The van der Waals surface area contributed by atoms with Gasteiger partial charge in [-0.15, -0.1) is 11.3 Å². The van der Waals surface area contributed by atoms with Crippen molar-refractivity contribution >= 4 is 11.3 Å². The van der Waals surface area contributed by atoms with E-state index in [1.807, 2.05) is 11.3 Å². The fourth-order valence-corrected chi connectivity index (χ4v) is 3.99. The molecule has 1 saturated heterocycles. The number of thiophene rings is 1. The van der Waals surface area contributed by atoms with Crippen LogP contribution >= 0.6 is 11.3 Å². The summed E-state index contributed by atoms with van der Waals surface area (Å²) < 4.78 is 0. The highest BCUT2D eigenvalue weighted by Crippen LogP contribution is 2.25. The van der Waals surface area contributed by atoms with Crippen LogP contribution in [0.25, 0.3) is 0 Å². The molecule has 114 valence electrons. The van der Waals surface area contributed by atoms with Gasteiger partial charge in [0.05, 0.1) is 0 Å². The molecule has 1 aromatic rings. The molecule has 0 amide bonds. The lowest BCUT2D eigenvalue weighted by Crippen LogP contribution is -2.44. The number of piperidine rings is 1. The Morgan fingerprint density at radius 3 is 2.65 bits per heavy atom. The average molecular weight is 295 g/mol. The first kappa shape index (κ1) is 16.0. The summed E-state index contributed by atoms with van der Waals surface area (Å²) in [5.41, 5.74) is 0. The number of rotatable bonds is 7. The molecule has 1 unspecified atom stereocenters. The fraction of sp³-hybridized carbons (Fsp3) is 0.765. The zero-order chi connectivity index (χ0) is 14.4. The summed E-state index contributed by atoms with van der Waals surface area (Å²) in [7, 11) is 0. The van der Waals surface area contributed by atoms with E-state index in [4.69, 9.17) is 0 Å². The third kappa shape index (κ3) is 4.87. The van der Waals surface area contributed by atoms with Gasteiger partial charge in [0.15, 0.2) is 0 Å². The summed E-state index contributed by atoms with van der Waals surface area (Å²) in [5, 5.41) is 6.12. The third-order valence-electron chi connectivity index (χ3n) is 4.11. The number of hydrogen-bond acceptors (Lipinski definition) is 3. The van der Waals surface area contributed by atoms with E-state index in [0.717, 1.165) is 5.92 Å². The first-order valence-corrected chi connectivity index (χ1v) is 9.08. The van der Waals surface area contributed by atoms with Crippen molar-refractivity contribution in [3.63, 3.8) is 0 Å². The van der Waals surface area contributed by atoms with Crippen LogP contribution in [-0.4, -0.2) is 30.6 Å². The van der Waals surface area contributed by atoms with Gasteiger partial charge >= 0.3 is 0 Å². The zero-order valence-corrected chi connectivity index (χ0v) is 14.1. The van der Waals surface area contributed by atoms with Crippen LogP contribution in [-0.2, 0) is 0 Å². The number of nitrogens with one attached hydrogen (secondary N) is 1. The Labute approximate surface area is 128 Å². The molecule has 0 aromatic carbocycles. The molecule has 2 rings (SSSR count). The van der Waals surface area contributed by atoms with Crippen molar-refractivity contribution in [2.24, 2.45) is 5.92 Å². The highest BCUT2D eigenvalue weighted by Gasteiger charge is 2.22. The molecule has 1 aliphatic heterocycles. The van der Waals surface area contributed by atoms with Gasteiger partial charge in [0, 0.05) is 23.5 Å². The van der Waals surface area contributed by atoms with E-state index in [9.17, 15) is 0 Å². The number of nitrogens with zero attached hydrogens (tertiary/aromatic N) is 1. The Bertz CT molecular complexity index is 353. The normalized spacial score (nSPS) is 19.6. The lowest BCUT2D eigenvalue weighted by Gasteiger charge is -2.35. The molecule has 1 aliphatic rings. The SMILES string of the molecule is CCCC(NC1CCN(CC(C)C)CC1)c1cccs1. The first-order valence-electron chi connectivity index (χ1n) is 8.20. The molecule has 2 heterocycles. The van der Waals surface area contributed by atoms with Crippen LogP contribution in [0.15, 0.2) is 17.5 Å². The van der Waals surface area contributed by atoms with Crippen molar-refractivity contribution in [2.75, 3.05) is 19.6 Å². The Balaban J connectivity index is 1.81. The molecule has 1 aromatic heterocycles. The van der Waals surface area contributed by atoms with Crippen molar-refractivity contribution in [3.05, 3.63) is 22.4 Å². The highest BCUT2D eigenvalue weighted by molar-refractivity contribution is 7.10. The van der Waals surface area contributed by atoms with Gasteiger partial charge in [0.1, 0.15) is 0 Å². The minimum atomic E-state index is 0.571. The lowest BCUT2D eigenvalue weighted by molar-refractivity contribution is 0.173. The van der Waals surface area contributed by atoms with Gasteiger partial charge < -0.3 is 10.2 Å². The maximum atomic E-state index is 3.92. The van der Waals surface area contributed by atoms with E-state index in [-0.39, 0.29) is 0 Å². The maximum Gasteiger partial charge on any atom is 0.0416 e. The van der Waals surface area contributed by atoms with E-state index in [1.165, 1.54) is 50.2 Å². The Kier molecular flexibility index (Phi) is 6.53. The van der Waals surface area contributed by atoms with Crippen molar-refractivity contribution in [1.82, 2.24) is 10.2 Å². The summed E-state index contributed by atoms with van der Waals surface area (Å²) in [5.74, 6) is 0.790. The second kappa shape index (κ2) is 8.16. The van der Waals surface area contributed by atoms with Crippen molar-refractivity contribution < 1.29 is 0 Å². The molecular weight excluding hydrogens is 264 g/mol. The van der Waals surface area contributed by atoms with E-state index in [1.54, 1.807) is 0 Å². The Morgan fingerprint density at radius 2 is 2.10 bits per heavy atom. The van der Waals surface area contributed by atoms with E-state index in [0.29, 0.717) is 12.1 Å². The van der Waals surface area contributed by atoms with Crippen LogP contribution in [0.4, 0.5) is 0 Å². The van der Waals surface area contributed by atoms with Gasteiger partial charge in [0.25, 0.3) is 0 Å². The molecular formula is C17H30N2S. The molecule has 20 heavy (non-hydrogen) atoms. The van der Waals surface area contributed by atoms with Crippen LogP contribution in [0, 0.1) is 5.92 Å². The third-order valence-corrected chi connectivity index (χ3v) is 5.10. The van der Waals surface area contributed by atoms with E-state index in [2.05, 4.69) is 48.5 Å². The van der Waals surface area contributed by atoms with Crippen LogP contribution < -0.4 is 5.32 Å². The van der Waals surface area contributed by atoms with E-state index < -0.39 is 0 Å². The Hall–Kier alpha value is -0.380. The predicted molar refractivity (Wildman–Crippen MR) is 89.4 cm³/mol. The van der Waals surface area contributed by atoms with Crippen molar-refractivity contribution in [2.45, 2.75) is 58.5 Å². The second-order valence-corrected chi connectivity index (χ2v) is 7.47. The molecule has 0 saturated carbocycles. The van der Waals surface area contributed by atoms with Gasteiger partial charge in [-0.3, -0.25) is 0 Å². The second-order valence-electron chi connectivity index (χ2n) is 6.49. The molecule has 0 radical (unpaired) electrons. The standard InChI is InChI=1S/C17H30N2S/c1-4-6-16(17-7-5-12-20-17)18-15-8-10-19(11-9-15)13-14(2)3/h5,7,12,14-16,18H,4,6,8-11,13H2,1-3H3. The predicted octanol–water partition coefficient (Wildman–Crippen LogP) is 4.30. The highest BCUT2D eigenvalue weighted by atomic mass is 32.1. The molecule has 3 heteroatoms. The van der Waals surface area contributed by atoms with Gasteiger partial charge in [-0.2, -0.15) is 0 Å². The van der Waals surface area contributed by atoms with Crippen LogP contribution in [0.5, 0.6) is 0 Å². The summed E-state index contributed by atoms with van der Waals surface area (Å²) in [4.78, 5) is 4.14. The van der Waals surface area contributed by atoms with Gasteiger partial charge in [-0.25, -0.2) is 0 Å². The summed E-state index contributed by atoms with van der Waals surface area (Å²) in [6.45, 7) is 10.7. The smallest absolute Gasteiger partial charge is 0.0416 e. The number of likely N-dealkylation sites (tertiary alicyclic amines) is 1. The largest absolute Gasteiger partial charge is 0.306 e. The molecule has 0 spiro atoms. The Morgan fingerprint density at radius 1 is 1.35 bits per heavy atom. The van der Waals surface area contributed by atoms with Gasteiger partial charge in [-0.1, -0.05) is 33.3 Å². The molecule has 1 atom stereocenters. The molecule has 2 nitrogen and oxygen atoms in total. The summed E-state index contributed by atoms with van der Waals surface area (Å²) in [6.07, 6.45) is 5.12. The van der Waals surface area contributed by atoms with Crippen molar-refractivity contribution in [1.29, 1.82) is 0 Å². The summed E-state index contributed by atoms with van der Waals surface area (Å²) in [6, 6.07) is 5.74. The summed E-state index contributed by atoms with van der Waals surface area (Å²) >= 11 is 1.90. The fourth-order valence-electron chi connectivity index (χ4n) is 3.17. The van der Waals surface area contributed by atoms with Crippen molar-refractivity contribution in [3.8, 4) is 0 Å². The topological polar surface area (TPSA) is 15.3 Å². The van der Waals surface area contributed by atoms with E-state index >= 15 is 0 Å². The minimum Gasteiger partial charge on any atom is -0.306 e. The monoisotopic (exact) mass is 294 g/mol. The van der Waals surface area contributed by atoms with Crippen LogP contribution in [0.1, 0.15) is 57.4 Å². The first-order chi connectivity index (χ1) is 9.69. The minimum absolute atomic E-state index is 0.571. The lowest BCUT2D eigenvalue weighted by atomic mass is 10.0. The average Bonchev–Trinajstić information content (AvgIpc) is 2.94. The molecule has 0 aliphatic carbocycles. The van der Waals surface area contributed by atoms with Gasteiger partial charge in [0.2, 0.25) is 0 Å². The molecule has 1 fully saturated rings. The number of hydrogen-bond donors (Lipinski definition) is 1. The van der Waals surface area contributed by atoms with Crippen LogP contribution in [0.2, 0.25) is 0 Å². The zero-order valence-electron chi connectivity index (χ0n) is 13.3. The molecule has 0 bridgehead atoms. The van der Waals surface area contributed by atoms with Gasteiger partial charge in [-0.05, 0) is 49.7 Å². The molecule has 1 N–H and O–H groups in total.